The van der Waals surface area contributed by atoms with Gasteiger partial charge < -0.3 is 28.4 Å². The molecule has 2 aliphatic heterocycles. The van der Waals surface area contributed by atoms with Crippen LogP contribution in [-0.2, 0) is 9.84 Å². The van der Waals surface area contributed by atoms with Crippen LogP contribution in [0, 0.1) is 0 Å². The van der Waals surface area contributed by atoms with Gasteiger partial charge in [0, 0.05) is 41.9 Å². The standard InChI is InChI=1S/C21H18N4O5S.C21H18N4O3S/c1-28-14-4-5-16-15(12-14)23-20(13-3-6-17-18(11-13)30-10-9-29-17)25(16)19-7-8-22-21(24-19)31(2,26)27;1-26-14-4-5-16-15(12-14)23-20(25(16)19-7-8-22-21(24-19)29-2)13-3-6-17-18(11-13)28-10-9-27-17/h3-8,11-12H,9-10H2,1-2H3;3-8,11-12H,9-10H2,1-2H3. The van der Waals surface area contributed by atoms with Gasteiger partial charge in [-0.25, -0.2) is 38.3 Å². The quantitative estimate of drug-likeness (QED) is 0.117. The Bertz CT molecular complexity index is 3030. The summed E-state index contributed by atoms with van der Waals surface area (Å²) >= 11 is 1.50. The van der Waals surface area contributed by atoms with Gasteiger partial charge in [0.1, 0.15) is 61.2 Å². The predicted molar refractivity (Wildman–Crippen MR) is 224 cm³/mol. The molecule has 0 amide bonds. The lowest BCUT2D eigenvalue weighted by Gasteiger charge is -2.19. The summed E-state index contributed by atoms with van der Waals surface area (Å²) in [6, 6.07) is 26.2. The summed E-state index contributed by atoms with van der Waals surface area (Å²) in [7, 11) is -0.349. The van der Waals surface area contributed by atoms with E-state index in [0.717, 1.165) is 62.8 Å². The number of rotatable bonds is 8. The zero-order chi connectivity index (χ0) is 41.4. The number of hydrogen-bond acceptors (Lipinski definition) is 15. The first kappa shape index (κ1) is 38.6. The summed E-state index contributed by atoms with van der Waals surface area (Å²) in [6.07, 6.45) is 6.21. The highest BCUT2D eigenvalue weighted by atomic mass is 32.2. The van der Waals surface area contributed by atoms with E-state index >= 15 is 0 Å². The van der Waals surface area contributed by atoms with Crippen LogP contribution >= 0.6 is 11.8 Å². The first-order valence-corrected chi connectivity index (χ1v) is 21.7. The van der Waals surface area contributed by atoms with Crippen molar-refractivity contribution in [3.63, 3.8) is 0 Å². The van der Waals surface area contributed by atoms with E-state index in [9.17, 15) is 8.42 Å². The number of fused-ring (bicyclic) bond motifs is 4. The van der Waals surface area contributed by atoms with Gasteiger partial charge in [-0.3, -0.25) is 9.13 Å². The topological polar surface area (TPSA) is 177 Å². The second kappa shape index (κ2) is 16.0. The lowest BCUT2D eigenvalue weighted by atomic mass is 10.2. The number of nitrogens with zero attached hydrogens (tertiary/aromatic N) is 8. The molecule has 2 aliphatic rings. The van der Waals surface area contributed by atoms with Crippen molar-refractivity contribution >= 4 is 43.7 Å². The van der Waals surface area contributed by atoms with Crippen molar-refractivity contribution in [1.29, 1.82) is 0 Å². The molecule has 0 atom stereocenters. The average molecular weight is 845 g/mol. The third kappa shape index (κ3) is 7.46. The maximum absolute atomic E-state index is 12.0. The zero-order valence-corrected chi connectivity index (χ0v) is 34.4. The van der Waals surface area contributed by atoms with Crippen LogP contribution in [0.5, 0.6) is 34.5 Å². The van der Waals surface area contributed by atoms with Gasteiger partial charge in [0.2, 0.25) is 15.0 Å². The Morgan fingerprint density at radius 2 is 1.07 bits per heavy atom. The molecule has 0 radical (unpaired) electrons. The molecule has 8 aromatic rings. The van der Waals surface area contributed by atoms with Gasteiger partial charge in [0.05, 0.1) is 36.3 Å². The molecule has 0 spiro atoms. The van der Waals surface area contributed by atoms with Crippen LogP contribution in [0.1, 0.15) is 0 Å². The van der Waals surface area contributed by atoms with E-state index < -0.39 is 9.84 Å². The Balaban J connectivity index is 0.000000154. The van der Waals surface area contributed by atoms with Gasteiger partial charge in [-0.15, -0.1) is 0 Å². The lowest BCUT2D eigenvalue weighted by molar-refractivity contribution is 0.171. The molecule has 4 aromatic carbocycles. The van der Waals surface area contributed by atoms with Gasteiger partial charge >= 0.3 is 0 Å². The van der Waals surface area contributed by atoms with Crippen molar-refractivity contribution in [2.24, 2.45) is 0 Å². The van der Waals surface area contributed by atoms with Gasteiger partial charge in [0.15, 0.2) is 28.2 Å². The SMILES string of the molecule is COc1ccc2c(c1)nc(-c1ccc3c(c1)OCCO3)n2-c1ccnc(S(C)(=O)=O)n1.COc1ccc2c(c1)nc(-c1ccc3c(c1)OCCO3)n2-c1ccnc(SC)n1. The van der Waals surface area contributed by atoms with Gasteiger partial charge in [-0.1, -0.05) is 11.8 Å². The second-order valence-electron chi connectivity index (χ2n) is 13.3. The maximum atomic E-state index is 12.0. The Morgan fingerprint density at radius 3 is 1.55 bits per heavy atom. The molecular weight excluding hydrogens is 809 g/mol. The van der Waals surface area contributed by atoms with Crippen LogP contribution in [0.25, 0.3) is 56.5 Å². The number of aromatic nitrogens is 8. The number of thioether (sulfide) groups is 1. The van der Waals surface area contributed by atoms with Crippen molar-refractivity contribution in [3.05, 3.63) is 97.3 Å². The fourth-order valence-electron chi connectivity index (χ4n) is 6.78. The minimum atomic E-state index is -3.58. The number of ether oxygens (including phenoxy) is 6. The molecule has 0 unspecified atom stereocenters. The van der Waals surface area contributed by atoms with Crippen molar-refractivity contribution in [3.8, 4) is 68.9 Å². The van der Waals surface area contributed by atoms with Crippen LogP contribution in [0.3, 0.4) is 0 Å². The van der Waals surface area contributed by atoms with Gasteiger partial charge in [-0.2, -0.15) is 0 Å². The molecule has 4 aromatic heterocycles. The fraction of sp³-hybridized carbons (Fsp3) is 0.190. The molecule has 0 aliphatic carbocycles. The molecule has 0 fully saturated rings. The van der Waals surface area contributed by atoms with Crippen molar-refractivity contribution in [2.45, 2.75) is 10.3 Å². The molecule has 0 bridgehead atoms. The first-order chi connectivity index (χ1) is 29.2. The fourth-order valence-corrected chi connectivity index (χ4v) is 7.64. The molecular formula is C42H36N8O8S2. The van der Waals surface area contributed by atoms with Crippen LogP contribution in [0.4, 0.5) is 0 Å². The molecule has 16 nitrogen and oxygen atoms in total. The molecule has 0 N–H and O–H groups in total. The normalized spacial score (nSPS) is 13.1. The van der Waals surface area contributed by atoms with Crippen LogP contribution < -0.4 is 28.4 Å². The number of imidazole rings is 2. The van der Waals surface area contributed by atoms with E-state index in [1.807, 2.05) is 89.7 Å². The summed E-state index contributed by atoms with van der Waals surface area (Å²) in [5, 5.41) is 0.444. The van der Waals surface area contributed by atoms with E-state index in [0.29, 0.717) is 66.0 Å². The number of methoxy groups -OCH3 is 2. The maximum Gasteiger partial charge on any atom is 0.248 e. The van der Waals surface area contributed by atoms with E-state index in [1.54, 1.807) is 31.0 Å². The Labute approximate surface area is 348 Å². The van der Waals surface area contributed by atoms with Gasteiger partial charge in [-0.05, 0) is 79.1 Å². The largest absolute Gasteiger partial charge is 0.497 e. The average Bonchev–Trinajstić information content (AvgIpc) is 3.87. The molecule has 0 saturated carbocycles. The van der Waals surface area contributed by atoms with E-state index in [-0.39, 0.29) is 5.16 Å². The monoisotopic (exact) mass is 844 g/mol. The van der Waals surface area contributed by atoms with Crippen LogP contribution in [0.15, 0.2) is 108 Å². The number of benzene rings is 4. The summed E-state index contributed by atoms with van der Waals surface area (Å²) in [5.41, 5.74) is 4.83. The summed E-state index contributed by atoms with van der Waals surface area (Å²) in [4.78, 5) is 26.8. The second-order valence-corrected chi connectivity index (χ2v) is 16.0. The highest BCUT2D eigenvalue weighted by molar-refractivity contribution is 7.98. The Morgan fingerprint density at radius 1 is 0.583 bits per heavy atom. The zero-order valence-electron chi connectivity index (χ0n) is 32.7. The molecule has 10 rings (SSSR count). The van der Waals surface area contributed by atoms with Crippen molar-refractivity contribution < 1.29 is 36.8 Å². The minimum Gasteiger partial charge on any atom is -0.497 e. The van der Waals surface area contributed by atoms with Crippen LogP contribution in [-0.4, -0.2) is 101 Å². The van der Waals surface area contributed by atoms with E-state index in [2.05, 4.69) is 19.9 Å². The minimum absolute atomic E-state index is 0.256. The third-order valence-corrected chi connectivity index (χ3v) is 11.0. The first-order valence-electron chi connectivity index (χ1n) is 18.5. The predicted octanol–water partition coefficient (Wildman–Crippen LogP) is 6.65. The summed E-state index contributed by atoms with van der Waals surface area (Å²) < 4.78 is 61.3. The molecule has 6 heterocycles. The highest BCUT2D eigenvalue weighted by Gasteiger charge is 2.22. The molecule has 0 saturated heterocycles. The summed E-state index contributed by atoms with van der Waals surface area (Å²) in [6.45, 7) is 2.06. The third-order valence-electron chi connectivity index (χ3n) is 9.53. The number of sulfone groups is 1. The highest BCUT2D eigenvalue weighted by Crippen LogP contribution is 2.38. The molecule has 304 valence electrons. The Kier molecular flexibility index (Phi) is 10.3. The van der Waals surface area contributed by atoms with E-state index in [4.69, 9.17) is 38.4 Å². The lowest BCUT2D eigenvalue weighted by Crippen LogP contribution is -2.15. The Hall–Kier alpha value is -6.92. The summed E-state index contributed by atoms with van der Waals surface area (Å²) in [5.74, 6) is 6.63. The van der Waals surface area contributed by atoms with Crippen molar-refractivity contribution in [1.82, 2.24) is 39.0 Å². The smallest absolute Gasteiger partial charge is 0.248 e. The van der Waals surface area contributed by atoms with E-state index in [1.165, 1.54) is 18.0 Å². The molecule has 18 heteroatoms. The molecule has 60 heavy (non-hydrogen) atoms. The van der Waals surface area contributed by atoms with Gasteiger partial charge in [0.25, 0.3) is 0 Å². The van der Waals surface area contributed by atoms with Crippen molar-refractivity contribution in [2.75, 3.05) is 53.2 Å². The number of hydrogen-bond donors (Lipinski definition) is 0. The van der Waals surface area contributed by atoms with Crippen LogP contribution in [0.2, 0.25) is 0 Å².